The zero-order valence-corrected chi connectivity index (χ0v) is 11.4. The summed E-state index contributed by atoms with van der Waals surface area (Å²) >= 11 is 0. The predicted molar refractivity (Wildman–Crippen MR) is 74.6 cm³/mol. The zero-order chi connectivity index (χ0) is 14.7. The van der Waals surface area contributed by atoms with Crippen LogP contribution in [0.1, 0.15) is 15.9 Å². The molecule has 1 aromatic carbocycles. The minimum absolute atomic E-state index is 0.266. The van der Waals surface area contributed by atoms with Gasteiger partial charge in [0.15, 0.2) is 6.10 Å². The molecule has 0 saturated heterocycles. The lowest BCUT2D eigenvalue weighted by Gasteiger charge is -2.23. The number of esters is 1. The summed E-state index contributed by atoms with van der Waals surface area (Å²) in [5.41, 5.74) is 1.39. The molecule has 0 spiro atoms. The van der Waals surface area contributed by atoms with Gasteiger partial charge in [0.05, 0.1) is 11.9 Å². The molecule has 6 nitrogen and oxygen atoms in total. The molecule has 1 unspecified atom stereocenters. The van der Waals surface area contributed by atoms with Crippen molar-refractivity contribution in [3.05, 3.63) is 54.1 Å². The van der Waals surface area contributed by atoms with E-state index < -0.39 is 12.1 Å². The number of carbonyl (C=O) groups is 2. The summed E-state index contributed by atoms with van der Waals surface area (Å²) in [5, 5.41) is 2.78. The standard InChI is InChI=1S/C15H15N3O3/c19-14(17-6-8-18-7-5-16-10-18)13-9-11-3-1-2-4-12(11)15(20)21-13/h1-5,7,10,13H,6,8-9H2,(H,17,19). The Balaban J connectivity index is 1.58. The van der Waals surface area contributed by atoms with Gasteiger partial charge in [0, 0.05) is 31.9 Å². The minimum Gasteiger partial charge on any atom is -0.448 e. The van der Waals surface area contributed by atoms with Crippen LogP contribution in [0.25, 0.3) is 0 Å². The van der Waals surface area contributed by atoms with Crippen LogP contribution in [-0.4, -0.2) is 34.1 Å². The van der Waals surface area contributed by atoms with Crippen molar-refractivity contribution in [2.24, 2.45) is 0 Å². The van der Waals surface area contributed by atoms with E-state index in [4.69, 9.17) is 4.74 Å². The first-order chi connectivity index (χ1) is 10.2. The van der Waals surface area contributed by atoms with Crippen molar-refractivity contribution in [1.82, 2.24) is 14.9 Å². The molecule has 1 aliphatic heterocycles. The zero-order valence-electron chi connectivity index (χ0n) is 11.4. The van der Waals surface area contributed by atoms with Gasteiger partial charge in [-0.3, -0.25) is 4.79 Å². The summed E-state index contributed by atoms with van der Waals surface area (Å²) < 4.78 is 7.06. The van der Waals surface area contributed by atoms with E-state index in [0.717, 1.165) is 5.56 Å². The maximum absolute atomic E-state index is 12.1. The Morgan fingerprint density at radius 3 is 3.10 bits per heavy atom. The van der Waals surface area contributed by atoms with Crippen LogP contribution in [-0.2, 0) is 22.5 Å². The Bertz CT molecular complexity index is 652. The van der Waals surface area contributed by atoms with Crippen LogP contribution in [0.5, 0.6) is 0 Å². The van der Waals surface area contributed by atoms with Crippen LogP contribution in [0.3, 0.4) is 0 Å². The topological polar surface area (TPSA) is 73.2 Å². The molecular weight excluding hydrogens is 270 g/mol. The highest BCUT2D eigenvalue weighted by molar-refractivity contribution is 5.95. The third-order valence-corrected chi connectivity index (χ3v) is 3.41. The molecule has 0 radical (unpaired) electrons. The van der Waals surface area contributed by atoms with Crippen LogP contribution >= 0.6 is 0 Å². The van der Waals surface area contributed by atoms with E-state index >= 15 is 0 Å². The predicted octanol–water partition coefficient (Wildman–Crippen LogP) is 0.781. The number of rotatable bonds is 4. The van der Waals surface area contributed by atoms with E-state index in [-0.39, 0.29) is 5.91 Å². The van der Waals surface area contributed by atoms with Gasteiger partial charge in [0.1, 0.15) is 0 Å². The number of carbonyl (C=O) groups excluding carboxylic acids is 2. The Hall–Kier alpha value is -2.63. The van der Waals surface area contributed by atoms with Gasteiger partial charge in [-0.2, -0.15) is 0 Å². The summed E-state index contributed by atoms with van der Waals surface area (Å²) in [4.78, 5) is 27.8. The number of amides is 1. The Kier molecular flexibility index (Phi) is 3.68. The summed E-state index contributed by atoms with van der Waals surface area (Å²) in [6.07, 6.45) is 4.85. The van der Waals surface area contributed by atoms with Gasteiger partial charge < -0.3 is 14.6 Å². The molecule has 0 fully saturated rings. The minimum atomic E-state index is -0.754. The van der Waals surface area contributed by atoms with E-state index in [1.165, 1.54) is 0 Å². The molecule has 3 rings (SSSR count). The third-order valence-electron chi connectivity index (χ3n) is 3.41. The monoisotopic (exact) mass is 285 g/mol. The molecule has 2 aromatic rings. The number of cyclic esters (lactones) is 1. The van der Waals surface area contributed by atoms with E-state index in [0.29, 0.717) is 25.1 Å². The molecule has 108 valence electrons. The van der Waals surface area contributed by atoms with Gasteiger partial charge >= 0.3 is 5.97 Å². The number of hydrogen-bond acceptors (Lipinski definition) is 4. The van der Waals surface area contributed by atoms with Crippen molar-refractivity contribution in [1.29, 1.82) is 0 Å². The van der Waals surface area contributed by atoms with Gasteiger partial charge in [-0.25, -0.2) is 9.78 Å². The summed E-state index contributed by atoms with van der Waals surface area (Å²) in [5.74, 6) is -0.704. The summed E-state index contributed by atoms with van der Waals surface area (Å²) in [6.45, 7) is 1.09. The normalized spacial score (nSPS) is 17.0. The second kappa shape index (κ2) is 5.78. The molecule has 6 heteroatoms. The first-order valence-electron chi connectivity index (χ1n) is 6.76. The van der Waals surface area contributed by atoms with Crippen LogP contribution < -0.4 is 5.32 Å². The SMILES string of the molecule is O=C1OC(C(=O)NCCn2ccnc2)Cc2ccccc21. The van der Waals surface area contributed by atoms with Crippen molar-refractivity contribution in [3.8, 4) is 0 Å². The fourth-order valence-electron chi connectivity index (χ4n) is 2.32. The molecule has 21 heavy (non-hydrogen) atoms. The number of benzene rings is 1. The van der Waals surface area contributed by atoms with Crippen LogP contribution in [0.2, 0.25) is 0 Å². The highest BCUT2D eigenvalue weighted by atomic mass is 16.5. The van der Waals surface area contributed by atoms with Crippen LogP contribution in [0.4, 0.5) is 0 Å². The van der Waals surface area contributed by atoms with Gasteiger partial charge in [0.25, 0.3) is 5.91 Å². The quantitative estimate of drug-likeness (QED) is 0.843. The maximum atomic E-state index is 12.1. The van der Waals surface area contributed by atoms with E-state index in [2.05, 4.69) is 10.3 Å². The first-order valence-corrected chi connectivity index (χ1v) is 6.76. The maximum Gasteiger partial charge on any atom is 0.339 e. The lowest BCUT2D eigenvalue weighted by Crippen LogP contribution is -2.42. The molecule has 0 aliphatic carbocycles. The van der Waals surface area contributed by atoms with Crippen molar-refractivity contribution in [2.75, 3.05) is 6.54 Å². The molecule has 1 aliphatic rings. The molecule has 0 saturated carbocycles. The molecule has 1 atom stereocenters. The van der Waals surface area contributed by atoms with E-state index in [1.807, 2.05) is 22.9 Å². The number of hydrogen-bond donors (Lipinski definition) is 1. The number of fused-ring (bicyclic) bond motifs is 1. The van der Waals surface area contributed by atoms with Gasteiger partial charge in [0.2, 0.25) is 0 Å². The fraction of sp³-hybridized carbons (Fsp3) is 0.267. The number of nitrogens with one attached hydrogen (secondary N) is 1. The highest BCUT2D eigenvalue weighted by Gasteiger charge is 2.30. The molecule has 2 heterocycles. The second-order valence-corrected chi connectivity index (χ2v) is 4.85. The lowest BCUT2D eigenvalue weighted by molar-refractivity contribution is -0.130. The van der Waals surface area contributed by atoms with Crippen molar-refractivity contribution in [3.63, 3.8) is 0 Å². The van der Waals surface area contributed by atoms with Gasteiger partial charge in [-0.05, 0) is 11.6 Å². The van der Waals surface area contributed by atoms with Crippen LogP contribution in [0.15, 0.2) is 43.0 Å². The smallest absolute Gasteiger partial charge is 0.339 e. The average molecular weight is 285 g/mol. The summed E-state index contributed by atoms with van der Waals surface area (Å²) in [7, 11) is 0. The number of ether oxygens (including phenoxy) is 1. The summed E-state index contributed by atoms with van der Waals surface area (Å²) in [6, 6.07) is 7.20. The largest absolute Gasteiger partial charge is 0.448 e. The van der Waals surface area contributed by atoms with Crippen molar-refractivity contribution >= 4 is 11.9 Å². The molecule has 1 N–H and O–H groups in total. The van der Waals surface area contributed by atoms with Crippen LogP contribution in [0, 0.1) is 0 Å². The van der Waals surface area contributed by atoms with E-state index in [1.54, 1.807) is 24.7 Å². The Morgan fingerprint density at radius 2 is 2.29 bits per heavy atom. The molecule has 1 amide bonds. The Labute approximate surface area is 121 Å². The van der Waals surface area contributed by atoms with E-state index in [9.17, 15) is 9.59 Å². The lowest BCUT2D eigenvalue weighted by atomic mass is 9.98. The average Bonchev–Trinajstić information content (AvgIpc) is 3.00. The molecule has 0 bridgehead atoms. The fourth-order valence-corrected chi connectivity index (χ4v) is 2.32. The first kappa shape index (κ1) is 13.4. The van der Waals surface area contributed by atoms with Crippen molar-refractivity contribution in [2.45, 2.75) is 19.1 Å². The number of aromatic nitrogens is 2. The molecule has 1 aromatic heterocycles. The highest BCUT2D eigenvalue weighted by Crippen LogP contribution is 2.20. The molecular formula is C15H15N3O3. The van der Waals surface area contributed by atoms with Gasteiger partial charge in [-0.1, -0.05) is 18.2 Å². The third kappa shape index (κ3) is 2.94. The number of nitrogens with zero attached hydrogens (tertiary/aromatic N) is 2. The van der Waals surface area contributed by atoms with Gasteiger partial charge in [-0.15, -0.1) is 0 Å². The number of imidazole rings is 1. The van der Waals surface area contributed by atoms with Crippen molar-refractivity contribution < 1.29 is 14.3 Å². The Morgan fingerprint density at radius 1 is 1.43 bits per heavy atom. The second-order valence-electron chi connectivity index (χ2n) is 4.85.